The molecular formula is C54H105NO5. The van der Waals surface area contributed by atoms with Gasteiger partial charge in [0.2, 0.25) is 5.91 Å². The van der Waals surface area contributed by atoms with Gasteiger partial charge in [0.1, 0.15) is 12.2 Å². The van der Waals surface area contributed by atoms with Gasteiger partial charge in [-0.2, -0.15) is 0 Å². The van der Waals surface area contributed by atoms with Crippen LogP contribution in [0.5, 0.6) is 0 Å². The zero-order valence-electron chi connectivity index (χ0n) is 40.2. The molecule has 0 heterocycles. The Labute approximate surface area is 374 Å². The van der Waals surface area contributed by atoms with Crippen LogP contribution in [0.25, 0.3) is 0 Å². The van der Waals surface area contributed by atoms with E-state index in [0.29, 0.717) is 19.3 Å². The largest absolute Gasteiger partial charge is 0.394 e. The molecule has 0 saturated heterocycles. The summed E-state index contributed by atoms with van der Waals surface area (Å²) in [5, 5.41) is 43.4. The van der Waals surface area contributed by atoms with Crippen LogP contribution < -0.4 is 5.32 Å². The van der Waals surface area contributed by atoms with Gasteiger partial charge in [-0.15, -0.1) is 0 Å². The van der Waals surface area contributed by atoms with Crippen molar-refractivity contribution >= 4 is 5.91 Å². The van der Waals surface area contributed by atoms with Crippen molar-refractivity contribution in [1.82, 2.24) is 5.32 Å². The fourth-order valence-corrected chi connectivity index (χ4v) is 8.55. The molecule has 1 amide bonds. The molecule has 0 aliphatic heterocycles. The van der Waals surface area contributed by atoms with Crippen LogP contribution >= 0.6 is 0 Å². The molecule has 0 aromatic rings. The molecule has 0 radical (unpaired) electrons. The first-order valence-corrected chi connectivity index (χ1v) is 26.7. The highest BCUT2D eigenvalue weighted by Gasteiger charge is 2.28. The fourth-order valence-electron chi connectivity index (χ4n) is 8.55. The molecule has 0 rings (SSSR count). The molecule has 6 nitrogen and oxygen atoms in total. The quantitative estimate of drug-likeness (QED) is 0.0309. The minimum Gasteiger partial charge on any atom is -0.394 e. The Bertz CT molecular complexity index is 909. The minimum absolute atomic E-state index is 0.364. The van der Waals surface area contributed by atoms with Crippen LogP contribution in [0.1, 0.15) is 284 Å². The molecule has 356 valence electrons. The number of hydrogen-bond acceptors (Lipinski definition) is 5. The Balaban J connectivity index is 3.43. The van der Waals surface area contributed by atoms with Crippen molar-refractivity contribution in [2.24, 2.45) is 0 Å². The topological polar surface area (TPSA) is 110 Å². The van der Waals surface area contributed by atoms with Crippen LogP contribution in [0.15, 0.2) is 24.3 Å². The van der Waals surface area contributed by atoms with Gasteiger partial charge in [-0.3, -0.25) is 4.79 Å². The molecule has 0 saturated carbocycles. The van der Waals surface area contributed by atoms with E-state index >= 15 is 0 Å². The zero-order chi connectivity index (χ0) is 43.8. The summed E-state index contributed by atoms with van der Waals surface area (Å²) in [5.74, 6) is -0.597. The summed E-state index contributed by atoms with van der Waals surface area (Å²) < 4.78 is 0. The van der Waals surface area contributed by atoms with E-state index in [4.69, 9.17) is 0 Å². The molecule has 6 heteroatoms. The Kier molecular flexibility index (Phi) is 47.8. The molecule has 0 aromatic carbocycles. The maximum absolute atomic E-state index is 12.5. The van der Waals surface area contributed by atoms with Crippen LogP contribution in [0.3, 0.4) is 0 Å². The maximum Gasteiger partial charge on any atom is 0.249 e. The molecule has 4 unspecified atom stereocenters. The number of carbonyl (C=O) groups excluding carboxylic acids is 1. The van der Waals surface area contributed by atoms with Gasteiger partial charge in [0, 0.05) is 0 Å². The van der Waals surface area contributed by atoms with E-state index in [2.05, 4.69) is 30.5 Å². The van der Waals surface area contributed by atoms with Crippen molar-refractivity contribution in [2.75, 3.05) is 6.61 Å². The SMILES string of the molecule is C/C=C/CC/C=C/CCCC(O)C(O)C(CO)NC(=O)C(O)CCCCCCCCCCCCCCCCCCCCCCCCCCCCCCCCCCCCCC. The molecule has 5 N–H and O–H groups in total. The maximum atomic E-state index is 12.5. The predicted molar refractivity (Wildman–Crippen MR) is 261 cm³/mol. The number of rotatable bonds is 49. The molecule has 0 fully saturated rings. The standard InChI is InChI=1S/C54H105NO5/c1-3-5-7-9-11-13-14-15-16-17-18-19-20-21-22-23-24-25-26-27-28-29-30-31-32-33-34-35-36-37-38-39-40-42-44-46-48-52(58)54(60)55-50(49-56)53(59)51(57)47-45-43-41-12-10-8-6-4-2/h4,6,12,41,50-53,56-59H,3,5,7-11,13-40,42-49H2,1-2H3,(H,55,60)/b6-4+,41-12+. The molecule has 60 heavy (non-hydrogen) atoms. The van der Waals surface area contributed by atoms with E-state index in [9.17, 15) is 25.2 Å². The summed E-state index contributed by atoms with van der Waals surface area (Å²) in [5.41, 5.74) is 0. The number of allylic oxidation sites excluding steroid dienone is 4. The van der Waals surface area contributed by atoms with E-state index < -0.39 is 36.9 Å². The average Bonchev–Trinajstić information content (AvgIpc) is 3.25. The average molecular weight is 848 g/mol. The van der Waals surface area contributed by atoms with Crippen molar-refractivity contribution in [1.29, 1.82) is 0 Å². The van der Waals surface area contributed by atoms with Crippen molar-refractivity contribution in [3.05, 3.63) is 24.3 Å². The first-order chi connectivity index (χ1) is 29.5. The monoisotopic (exact) mass is 848 g/mol. The van der Waals surface area contributed by atoms with Gasteiger partial charge in [0.05, 0.1) is 18.8 Å². The Morgan fingerprint density at radius 1 is 0.433 bits per heavy atom. The lowest BCUT2D eigenvalue weighted by molar-refractivity contribution is -0.132. The Morgan fingerprint density at radius 3 is 1.08 bits per heavy atom. The van der Waals surface area contributed by atoms with E-state index in [-0.39, 0.29) is 0 Å². The van der Waals surface area contributed by atoms with Gasteiger partial charge in [-0.1, -0.05) is 262 Å². The Hall–Kier alpha value is -1.21. The summed E-state index contributed by atoms with van der Waals surface area (Å²) >= 11 is 0. The third kappa shape index (κ3) is 42.1. The van der Waals surface area contributed by atoms with E-state index in [1.54, 1.807) is 0 Å². The number of amides is 1. The van der Waals surface area contributed by atoms with Gasteiger partial charge < -0.3 is 25.7 Å². The Morgan fingerprint density at radius 2 is 0.750 bits per heavy atom. The van der Waals surface area contributed by atoms with E-state index in [1.165, 1.54) is 212 Å². The smallest absolute Gasteiger partial charge is 0.249 e. The summed E-state index contributed by atoms with van der Waals surface area (Å²) in [7, 11) is 0. The van der Waals surface area contributed by atoms with E-state index in [1.807, 2.05) is 13.0 Å². The first kappa shape index (κ1) is 58.8. The third-order valence-corrected chi connectivity index (χ3v) is 12.7. The molecule has 0 aromatic heterocycles. The summed E-state index contributed by atoms with van der Waals surface area (Å²) in [6.45, 7) is 3.81. The second kappa shape index (κ2) is 48.8. The van der Waals surface area contributed by atoms with Gasteiger partial charge in [-0.05, 0) is 45.4 Å². The van der Waals surface area contributed by atoms with Gasteiger partial charge in [-0.25, -0.2) is 0 Å². The minimum atomic E-state index is -1.28. The lowest BCUT2D eigenvalue weighted by Gasteiger charge is -2.27. The van der Waals surface area contributed by atoms with Crippen LogP contribution in [-0.2, 0) is 4.79 Å². The van der Waals surface area contributed by atoms with Crippen LogP contribution in [-0.4, -0.2) is 57.3 Å². The second-order valence-electron chi connectivity index (χ2n) is 18.6. The van der Waals surface area contributed by atoms with Crippen LogP contribution in [0.4, 0.5) is 0 Å². The number of unbranched alkanes of at least 4 members (excludes halogenated alkanes) is 37. The summed E-state index contributed by atoms with van der Waals surface area (Å²) in [6.07, 6.45) is 58.9. The van der Waals surface area contributed by atoms with E-state index in [0.717, 1.165) is 38.5 Å². The van der Waals surface area contributed by atoms with Crippen molar-refractivity contribution in [3.8, 4) is 0 Å². The first-order valence-electron chi connectivity index (χ1n) is 26.7. The number of carbonyl (C=O) groups is 1. The van der Waals surface area contributed by atoms with Gasteiger partial charge in [0.15, 0.2) is 0 Å². The van der Waals surface area contributed by atoms with Crippen LogP contribution in [0, 0.1) is 0 Å². The second-order valence-corrected chi connectivity index (χ2v) is 18.6. The lowest BCUT2D eigenvalue weighted by Crippen LogP contribution is -2.53. The lowest BCUT2D eigenvalue weighted by atomic mass is 10.00. The molecule has 0 aliphatic rings. The number of nitrogens with one attached hydrogen (secondary N) is 1. The molecular weight excluding hydrogens is 743 g/mol. The number of aliphatic hydroxyl groups excluding tert-OH is 4. The number of hydrogen-bond donors (Lipinski definition) is 5. The highest BCUT2D eigenvalue weighted by Crippen LogP contribution is 2.18. The van der Waals surface area contributed by atoms with Gasteiger partial charge >= 0.3 is 0 Å². The van der Waals surface area contributed by atoms with Crippen molar-refractivity contribution < 1.29 is 25.2 Å². The molecule has 4 atom stereocenters. The zero-order valence-corrected chi connectivity index (χ0v) is 40.2. The third-order valence-electron chi connectivity index (χ3n) is 12.7. The molecule has 0 spiro atoms. The summed E-state index contributed by atoms with van der Waals surface area (Å²) in [4.78, 5) is 12.5. The molecule has 0 aliphatic carbocycles. The fraction of sp³-hybridized carbons (Fsp3) is 0.907. The van der Waals surface area contributed by atoms with Crippen LogP contribution in [0.2, 0.25) is 0 Å². The normalized spacial score (nSPS) is 14.0. The van der Waals surface area contributed by atoms with Crippen molar-refractivity contribution in [2.45, 2.75) is 308 Å². The molecule has 0 bridgehead atoms. The van der Waals surface area contributed by atoms with Gasteiger partial charge in [0.25, 0.3) is 0 Å². The number of aliphatic hydroxyl groups is 4. The highest BCUT2D eigenvalue weighted by molar-refractivity contribution is 5.80. The van der Waals surface area contributed by atoms with Crippen molar-refractivity contribution in [3.63, 3.8) is 0 Å². The predicted octanol–water partition coefficient (Wildman–Crippen LogP) is 15.1. The highest BCUT2D eigenvalue weighted by atomic mass is 16.3. The summed E-state index contributed by atoms with van der Waals surface area (Å²) in [6, 6.07) is -1.00.